The molecule has 1 N–H and O–H groups in total. The first-order valence-corrected chi connectivity index (χ1v) is 6.17. The van der Waals surface area contributed by atoms with Crippen LogP contribution in [0.5, 0.6) is 0 Å². The Morgan fingerprint density at radius 2 is 2.33 bits per heavy atom. The Labute approximate surface area is 107 Å². The number of amides is 1. The van der Waals surface area contributed by atoms with Crippen LogP contribution in [0.25, 0.3) is 0 Å². The lowest BCUT2D eigenvalue weighted by molar-refractivity contribution is -0.132. The molecule has 1 aromatic carbocycles. The first-order chi connectivity index (χ1) is 8.74. The fourth-order valence-corrected chi connectivity index (χ4v) is 2.27. The summed E-state index contributed by atoms with van der Waals surface area (Å²) in [6.07, 6.45) is 1.33. The van der Waals surface area contributed by atoms with Gasteiger partial charge in [-0.3, -0.25) is 4.79 Å². The van der Waals surface area contributed by atoms with Crippen molar-refractivity contribution in [1.82, 2.24) is 10.2 Å². The second-order valence-corrected chi connectivity index (χ2v) is 4.50. The van der Waals surface area contributed by atoms with Gasteiger partial charge in [-0.2, -0.15) is 5.26 Å². The average Bonchev–Trinajstić information content (AvgIpc) is 2.43. The molecule has 1 aromatic rings. The zero-order valence-corrected chi connectivity index (χ0v) is 10.5. The lowest BCUT2D eigenvalue weighted by Crippen LogP contribution is -2.42. The third-order valence-electron chi connectivity index (χ3n) is 3.29. The largest absolute Gasteiger partial charge is 0.343 e. The van der Waals surface area contributed by atoms with Crippen LogP contribution in [0.1, 0.15) is 23.6 Å². The lowest BCUT2D eigenvalue weighted by atomic mass is 9.93. The number of carbonyl (C=O) groups is 1. The second kappa shape index (κ2) is 5.65. The van der Waals surface area contributed by atoms with Gasteiger partial charge in [-0.25, -0.2) is 0 Å². The average molecular weight is 243 g/mol. The van der Waals surface area contributed by atoms with Crippen molar-refractivity contribution in [3.8, 4) is 6.07 Å². The maximum absolute atomic E-state index is 12.3. The van der Waals surface area contributed by atoms with Gasteiger partial charge in [0.1, 0.15) is 6.04 Å². The number of hydrogen-bond acceptors (Lipinski definition) is 3. The van der Waals surface area contributed by atoms with E-state index < -0.39 is 0 Å². The summed E-state index contributed by atoms with van der Waals surface area (Å²) in [5, 5.41) is 11.8. The Morgan fingerprint density at radius 3 is 3.11 bits per heavy atom. The molecule has 0 aromatic heterocycles. The number of fused-ring (bicyclic) bond motifs is 1. The van der Waals surface area contributed by atoms with E-state index in [4.69, 9.17) is 5.26 Å². The van der Waals surface area contributed by atoms with E-state index in [1.54, 1.807) is 11.9 Å². The van der Waals surface area contributed by atoms with Gasteiger partial charge in [0, 0.05) is 20.1 Å². The van der Waals surface area contributed by atoms with Crippen molar-refractivity contribution >= 4 is 5.91 Å². The number of benzene rings is 1. The molecule has 94 valence electrons. The van der Waals surface area contributed by atoms with Crippen molar-refractivity contribution in [1.29, 1.82) is 5.26 Å². The van der Waals surface area contributed by atoms with Crippen molar-refractivity contribution < 1.29 is 4.79 Å². The first-order valence-electron chi connectivity index (χ1n) is 6.17. The Balaban J connectivity index is 2.15. The van der Waals surface area contributed by atoms with Gasteiger partial charge < -0.3 is 10.2 Å². The third-order valence-corrected chi connectivity index (χ3v) is 3.29. The Hall–Kier alpha value is -1.86. The highest BCUT2D eigenvalue weighted by atomic mass is 16.2. The van der Waals surface area contributed by atoms with Crippen molar-refractivity contribution in [2.75, 3.05) is 20.1 Å². The Kier molecular flexibility index (Phi) is 3.96. The van der Waals surface area contributed by atoms with Crippen LogP contribution in [-0.4, -0.2) is 30.9 Å². The SMILES string of the molecule is CN(CCC#N)C(=O)C1NCCc2ccccc21. The van der Waals surface area contributed by atoms with E-state index in [0.29, 0.717) is 13.0 Å². The van der Waals surface area contributed by atoms with Gasteiger partial charge in [-0.1, -0.05) is 24.3 Å². The van der Waals surface area contributed by atoms with Crippen molar-refractivity contribution in [2.45, 2.75) is 18.9 Å². The number of hydrogen-bond donors (Lipinski definition) is 1. The summed E-state index contributed by atoms with van der Waals surface area (Å²) >= 11 is 0. The van der Waals surface area contributed by atoms with Crippen molar-refractivity contribution in [3.05, 3.63) is 35.4 Å². The highest BCUT2D eigenvalue weighted by Crippen LogP contribution is 2.23. The summed E-state index contributed by atoms with van der Waals surface area (Å²) in [5.74, 6) is 0.0393. The molecule has 0 aliphatic carbocycles. The summed E-state index contributed by atoms with van der Waals surface area (Å²) in [4.78, 5) is 13.9. The summed E-state index contributed by atoms with van der Waals surface area (Å²) in [5.41, 5.74) is 2.31. The van der Waals surface area contributed by atoms with Crippen molar-refractivity contribution in [2.24, 2.45) is 0 Å². The first kappa shape index (κ1) is 12.6. The van der Waals surface area contributed by atoms with Crippen LogP contribution in [0, 0.1) is 11.3 Å². The van der Waals surface area contributed by atoms with Gasteiger partial charge in [0.05, 0.1) is 12.5 Å². The molecule has 18 heavy (non-hydrogen) atoms. The van der Waals surface area contributed by atoms with Crippen molar-refractivity contribution in [3.63, 3.8) is 0 Å². The maximum Gasteiger partial charge on any atom is 0.244 e. The fraction of sp³-hybridized carbons (Fsp3) is 0.429. The standard InChI is InChI=1S/C14H17N3O/c1-17(10-4-8-15)14(18)13-12-6-3-2-5-11(12)7-9-16-13/h2-3,5-6,13,16H,4,7,9-10H2,1H3. The van der Waals surface area contributed by atoms with Crippen LogP contribution in [0.4, 0.5) is 0 Å². The maximum atomic E-state index is 12.3. The van der Waals surface area contributed by atoms with E-state index in [-0.39, 0.29) is 11.9 Å². The molecule has 0 saturated heterocycles. The minimum Gasteiger partial charge on any atom is -0.343 e. The second-order valence-electron chi connectivity index (χ2n) is 4.50. The smallest absolute Gasteiger partial charge is 0.244 e. The number of carbonyl (C=O) groups excluding carboxylic acids is 1. The van der Waals surface area contributed by atoms with Gasteiger partial charge in [-0.05, 0) is 17.5 Å². The van der Waals surface area contributed by atoms with Gasteiger partial charge in [-0.15, -0.1) is 0 Å². The molecule has 1 heterocycles. The molecule has 0 radical (unpaired) electrons. The van der Waals surface area contributed by atoms with E-state index in [2.05, 4.69) is 17.5 Å². The van der Waals surface area contributed by atoms with Gasteiger partial charge in [0.15, 0.2) is 0 Å². The molecule has 1 atom stereocenters. The summed E-state index contributed by atoms with van der Waals surface area (Å²) in [6, 6.07) is 9.84. The van der Waals surface area contributed by atoms with E-state index in [1.165, 1.54) is 5.56 Å². The predicted octanol–water partition coefficient (Wildman–Crippen LogP) is 1.25. The predicted molar refractivity (Wildman–Crippen MR) is 68.8 cm³/mol. The highest BCUT2D eigenvalue weighted by Gasteiger charge is 2.27. The third kappa shape index (κ3) is 2.52. The molecule has 1 aliphatic rings. The molecule has 0 spiro atoms. The molecule has 0 fully saturated rings. The number of likely N-dealkylation sites (N-methyl/N-ethyl adjacent to an activating group) is 1. The van der Waals surface area contributed by atoms with Crippen LogP contribution < -0.4 is 5.32 Å². The molecule has 1 aliphatic heterocycles. The molecule has 2 rings (SSSR count). The normalized spacial score (nSPS) is 17.7. The highest BCUT2D eigenvalue weighted by molar-refractivity contribution is 5.83. The molecule has 4 heteroatoms. The van der Waals surface area contributed by atoms with Crippen LogP contribution in [0.15, 0.2) is 24.3 Å². The lowest BCUT2D eigenvalue weighted by Gasteiger charge is -2.29. The molecule has 0 saturated carbocycles. The minimum atomic E-state index is -0.265. The zero-order chi connectivity index (χ0) is 13.0. The van der Waals surface area contributed by atoms with E-state index in [1.807, 2.05) is 18.2 Å². The quantitative estimate of drug-likeness (QED) is 0.869. The summed E-state index contributed by atoms with van der Waals surface area (Å²) in [6.45, 7) is 1.30. The van der Waals surface area contributed by atoms with Crippen LogP contribution >= 0.6 is 0 Å². The monoisotopic (exact) mass is 243 g/mol. The van der Waals surface area contributed by atoms with Crippen LogP contribution in [-0.2, 0) is 11.2 Å². The molecular weight excluding hydrogens is 226 g/mol. The molecule has 1 unspecified atom stereocenters. The number of nitrogens with zero attached hydrogens (tertiary/aromatic N) is 2. The molecule has 1 amide bonds. The Morgan fingerprint density at radius 1 is 1.56 bits per heavy atom. The fourth-order valence-electron chi connectivity index (χ4n) is 2.27. The van der Waals surface area contributed by atoms with Gasteiger partial charge >= 0.3 is 0 Å². The van der Waals surface area contributed by atoms with Crippen LogP contribution in [0.2, 0.25) is 0 Å². The zero-order valence-electron chi connectivity index (χ0n) is 10.5. The van der Waals surface area contributed by atoms with Gasteiger partial charge in [0.2, 0.25) is 5.91 Å². The molecule has 4 nitrogen and oxygen atoms in total. The van der Waals surface area contributed by atoms with Gasteiger partial charge in [0.25, 0.3) is 0 Å². The number of nitriles is 1. The molecular formula is C14H17N3O. The number of rotatable bonds is 3. The van der Waals surface area contributed by atoms with E-state index >= 15 is 0 Å². The number of nitrogens with one attached hydrogen (secondary N) is 1. The van der Waals surface area contributed by atoms with Crippen LogP contribution in [0.3, 0.4) is 0 Å². The topological polar surface area (TPSA) is 56.1 Å². The van der Waals surface area contributed by atoms with E-state index in [0.717, 1.165) is 18.5 Å². The summed E-state index contributed by atoms with van der Waals surface area (Å²) < 4.78 is 0. The minimum absolute atomic E-state index is 0.0393. The molecule has 0 bridgehead atoms. The Bertz CT molecular complexity index is 478. The van der Waals surface area contributed by atoms with E-state index in [9.17, 15) is 4.79 Å². The summed E-state index contributed by atoms with van der Waals surface area (Å²) in [7, 11) is 1.75.